The van der Waals surface area contributed by atoms with Gasteiger partial charge in [0.1, 0.15) is 5.75 Å². The minimum atomic E-state index is 0.292. The van der Waals surface area contributed by atoms with Gasteiger partial charge in [0.25, 0.3) is 0 Å². The Kier molecular flexibility index (Phi) is 15.8. The predicted octanol–water partition coefficient (Wildman–Crippen LogP) is 13.0. The Labute approximate surface area is 290 Å². The van der Waals surface area contributed by atoms with Gasteiger partial charge >= 0.3 is 0 Å². The van der Waals surface area contributed by atoms with Crippen molar-refractivity contribution in [3.05, 3.63) is 42.0 Å². The fourth-order valence-corrected chi connectivity index (χ4v) is 6.45. The van der Waals surface area contributed by atoms with Crippen LogP contribution in [0.5, 0.6) is 28.7 Å². The smallest absolute Gasteiger partial charge is 0.161 e. The van der Waals surface area contributed by atoms with Crippen molar-refractivity contribution in [2.75, 3.05) is 26.4 Å². The second-order valence-electron chi connectivity index (χ2n) is 13.5. The highest BCUT2D eigenvalue weighted by Gasteiger charge is 2.19. The molecule has 0 radical (unpaired) electrons. The van der Waals surface area contributed by atoms with E-state index in [0.717, 1.165) is 112 Å². The molecule has 5 heteroatoms. The monoisotopic (exact) mass is 658 g/mol. The van der Waals surface area contributed by atoms with E-state index in [9.17, 15) is 5.11 Å². The molecule has 0 spiro atoms. The summed E-state index contributed by atoms with van der Waals surface area (Å²) >= 11 is 0. The van der Waals surface area contributed by atoms with E-state index in [-0.39, 0.29) is 0 Å². The van der Waals surface area contributed by atoms with Gasteiger partial charge < -0.3 is 24.1 Å². The van der Waals surface area contributed by atoms with Gasteiger partial charge in [0, 0.05) is 0 Å². The lowest BCUT2D eigenvalue weighted by Crippen LogP contribution is -2.04. The summed E-state index contributed by atoms with van der Waals surface area (Å²) < 4.78 is 25.9. The first kappa shape index (κ1) is 37.5. The lowest BCUT2D eigenvalue weighted by atomic mass is 9.92. The molecule has 264 valence electrons. The van der Waals surface area contributed by atoms with Gasteiger partial charge in [0.2, 0.25) is 0 Å². The van der Waals surface area contributed by atoms with Gasteiger partial charge in [-0.25, -0.2) is 0 Å². The molecule has 0 aliphatic heterocycles. The summed E-state index contributed by atoms with van der Waals surface area (Å²) in [6, 6.07) is 12.6. The largest absolute Gasteiger partial charge is 0.508 e. The molecule has 0 aliphatic carbocycles. The Morgan fingerprint density at radius 2 is 0.646 bits per heavy atom. The molecule has 0 bridgehead atoms. The highest BCUT2D eigenvalue weighted by atomic mass is 16.5. The maximum atomic E-state index is 10.9. The summed E-state index contributed by atoms with van der Waals surface area (Å²) in [5.41, 5.74) is 0.848. The number of aromatic hydroxyl groups is 1. The molecule has 0 saturated heterocycles. The Morgan fingerprint density at radius 3 is 0.938 bits per heavy atom. The highest BCUT2D eigenvalue weighted by molar-refractivity contribution is 6.26. The van der Waals surface area contributed by atoms with E-state index in [1.54, 1.807) is 0 Å². The molecule has 1 N–H and O–H groups in total. The van der Waals surface area contributed by atoms with Gasteiger partial charge in [0.15, 0.2) is 23.0 Å². The van der Waals surface area contributed by atoms with Crippen molar-refractivity contribution in [3.63, 3.8) is 0 Å². The zero-order valence-electron chi connectivity index (χ0n) is 30.7. The van der Waals surface area contributed by atoms with Crippen molar-refractivity contribution in [3.8, 4) is 28.7 Å². The molecule has 0 aliphatic rings. The minimum absolute atomic E-state index is 0.292. The number of hydrogen-bond donors (Lipinski definition) is 1. The highest BCUT2D eigenvalue weighted by Crippen LogP contribution is 2.46. The molecule has 4 rings (SSSR count). The molecule has 4 aromatic carbocycles. The average molecular weight is 659 g/mol. The SMILES string of the molecule is CCCCCCOc1cc2c3cc(C)c(O)cc3c3cc(OCCCCCC)c(OCCCCCC)cc3c2cc1OCCCCCC. The lowest BCUT2D eigenvalue weighted by Gasteiger charge is -2.19. The van der Waals surface area contributed by atoms with Gasteiger partial charge in [-0.3, -0.25) is 0 Å². The van der Waals surface area contributed by atoms with Crippen LogP contribution in [0.25, 0.3) is 32.3 Å². The molecular formula is C43H62O5. The topological polar surface area (TPSA) is 57.2 Å². The Balaban J connectivity index is 1.86. The summed E-state index contributed by atoms with van der Waals surface area (Å²) in [4.78, 5) is 0. The van der Waals surface area contributed by atoms with Crippen LogP contribution in [0.4, 0.5) is 0 Å². The summed E-state index contributed by atoms with van der Waals surface area (Å²) in [6.07, 6.45) is 18.4. The number of hydrogen-bond acceptors (Lipinski definition) is 5. The number of benzene rings is 4. The third-order valence-electron chi connectivity index (χ3n) is 9.40. The molecule has 0 amide bonds. The van der Waals surface area contributed by atoms with Gasteiger partial charge in [-0.1, -0.05) is 105 Å². The molecule has 0 aromatic heterocycles. The molecule has 4 aromatic rings. The summed E-state index contributed by atoms with van der Waals surface area (Å²) in [5, 5.41) is 17.3. The Bertz CT molecular complexity index is 1440. The fourth-order valence-electron chi connectivity index (χ4n) is 6.45. The average Bonchev–Trinajstić information content (AvgIpc) is 3.09. The van der Waals surface area contributed by atoms with Crippen molar-refractivity contribution in [1.82, 2.24) is 0 Å². The van der Waals surface area contributed by atoms with Crippen LogP contribution in [-0.4, -0.2) is 31.5 Å². The van der Waals surface area contributed by atoms with Crippen molar-refractivity contribution >= 4 is 32.3 Å². The predicted molar refractivity (Wildman–Crippen MR) is 204 cm³/mol. The normalized spacial score (nSPS) is 11.5. The third kappa shape index (κ3) is 10.3. The van der Waals surface area contributed by atoms with E-state index in [1.807, 2.05) is 13.0 Å². The van der Waals surface area contributed by atoms with E-state index in [1.165, 1.54) is 51.4 Å². The molecule has 0 saturated carbocycles. The summed E-state index contributed by atoms with van der Waals surface area (Å²) in [6.45, 7) is 13.5. The molecular weight excluding hydrogens is 596 g/mol. The summed E-state index contributed by atoms with van der Waals surface area (Å²) in [7, 11) is 0. The van der Waals surface area contributed by atoms with Crippen molar-refractivity contribution in [2.24, 2.45) is 0 Å². The van der Waals surface area contributed by atoms with E-state index >= 15 is 0 Å². The number of phenols is 1. The zero-order chi connectivity index (χ0) is 34.1. The van der Waals surface area contributed by atoms with Gasteiger partial charge in [-0.2, -0.15) is 0 Å². The van der Waals surface area contributed by atoms with E-state index in [4.69, 9.17) is 18.9 Å². The zero-order valence-corrected chi connectivity index (χ0v) is 30.7. The molecule has 0 heterocycles. The molecule has 48 heavy (non-hydrogen) atoms. The van der Waals surface area contributed by atoms with Gasteiger partial charge in [0.05, 0.1) is 26.4 Å². The minimum Gasteiger partial charge on any atom is -0.508 e. The van der Waals surface area contributed by atoms with Gasteiger partial charge in [-0.15, -0.1) is 0 Å². The van der Waals surface area contributed by atoms with Crippen molar-refractivity contribution in [1.29, 1.82) is 0 Å². The van der Waals surface area contributed by atoms with Crippen LogP contribution >= 0.6 is 0 Å². The standard InChI is InChI=1S/C43H62O5/c1-6-10-14-18-22-45-40-28-35-33-26-32(5)39(44)27-34(33)36-29-41(46-23-19-15-11-7-2)43(48-25-21-17-13-9-4)31-38(36)37(35)30-42(40)47-24-20-16-12-8-3/h26-31,44H,6-25H2,1-5H3. The maximum Gasteiger partial charge on any atom is 0.161 e. The van der Waals surface area contributed by atoms with Crippen LogP contribution in [0, 0.1) is 6.92 Å². The molecule has 0 atom stereocenters. The van der Waals surface area contributed by atoms with Crippen molar-refractivity contribution < 1.29 is 24.1 Å². The number of rotatable bonds is 24. The van der Waals surface area contributed by atoms with Crippen LogP contribution < -0.4 is 18.9 Å². The second-order valence-corrected chi connectivity index (χ2v) is 13.5. The maximum absolute atomic E-state index is 10.9. The number of ether oxygens (including phenoxy) is 4. The molecule has 0 unspecified atom stereocenters. The lowest BCUT2D eigenvalue weighted by molar-refractivity contribution is 0.259. The Hall–Kier alpha value is -3.34. The van der Waals surface area contributed by atoms with Crippen LogP contribution in [0.15, 0.2) is 36.4 Å². The first-order chi connectivity index (χ1) is 23.5. The van der Waals surface area contributed by atoms with E-state index in [2.05, 4.69) is 58.0 Å². The third-order valence-corrected chi connectivity index (χ3v) is 9.40. The fraction of sp³-hybridized carbons (Fsp3) is 0.581. The first-order valence-corrected chi connectivity index (χ1v) is 19.2. The number of phenolic OH excluding ortho intramolecular Hbond substituents is 1. The van der Waals surface area contributed by atoms with E-state index < -0.39 is 0 Å². The molecule has 0 fully saturated rings. The molecule has 5 nitrogen and oxygen atoms in total. The quantitative estimate of drug-likeness (QED) is 0.0600. The van der Waals surface area contributed by atoms with Crippen molar-refractivity contribution in [2.45, 2.75) is 137 Å². The number of unbranched alkanes of at least 4 members (excludes halogenated alkanes) is 12. The van der Waals surface area contributed by atoms with Crippen LogP contribution in [0.1, 0.15) is 136 Å². The first-order valence-electron chi connectivity index (χ1n) is 19.2. The van der Waals surface area contributed by atoms with Crippen LogP contribution in [0.2, 0.25) is 0 Å². The van der Waals surface area contributed by atoms with Crippen LogP contribution in [0.3, 0.4) is 0 Å². The van der Waals surface area contributed by atoms with Crippen LogP contribution in [-0.2, 0) is 0 Å². The number of aryl methyl sites for hydroxylation is 1. The van der Waals surface area contributed by atoms with Gasteiger partial charge in [-0.05, 0) is 107 Å². The van der Waals surface area contributed by atoms with E-state index in [0.29, 0.717) is 32.2 Å². The second kappa shape index (κ2) is 20.2. The Morgan fingerprint density at radius 1 is 0.375 bits per heavy atom. The summed E-state index contributed by atoms with van der Waals surface area (Å²) in [5.74, 6) is 3.43. The number of fused-ring (bicyclic) bond motifs is 6.